The SMILES string of the molecule is CNC(=O)CCN1CC(CO)OCC1C. The Morgan fingerprint density at radius 1 is 1.67 bits per heavy atom. The van der Waals surface area contributed by atoms with E-state index in [0.717, 1.165) is 6.54 Å². The van der Waals surface area contributed by atoms with Crippen LogP contribution < -0.4 is 5.32 Å². The number of carbonyl (C=O) groups is 1. The molecule has 1 fully saturated rings. The van der Waals surface area contributed by atoms with Crippen LogP contribution in [-0.4, -0.2) is 61.4 Å². The Morgan fingerprint density at radius 2 is 2.40 bits per heavy atom. The molecule has 0 aromatic rings. The summed E-state index contributed by atoms with van der Waals surface area (Å²) in [7, 11) is 1.64. The minimum Gasteiger partial charge on any atom is -0.394 e. The maximum Gasteiger partial charge on any atom is 0.221 e. The van der Waals surface area contributed by atoms with Gasteiger partial charge in [-0.2, -0.15) is 0 Å². The maximum absolute atomic E-state index is 11.1. The number of hydrogen-bond acceptors (Lipinski definition) is 4. The Labute approximate surface area is 90.4 Å². The lowest BCUT2D eigenvalue weighted by atomic mass is 10.2. The predicted octanol–water partition coefficient (Wildman–Crippen LogP) is -0.796. The highest BCUT2D eigenvalue weighted by Crippen LogP contribution is 2.11. The minimum absolute atomic E-state index is 0.0448. The average molecular weight is 216 g/mol. The van der Waals surface area contributed by atoms with E-state index in [-0.39, 0.29) is 18.6 Å². The quantitative estimate of drug-likeness (QED) is 0.646. The second-order valence-corrected chi connectivity index (χ2v) is 3.91. The number of aliphatic hydroxyl groups excluding tert-OH is 1. The van der Waals surface area contributed by atoms with E-state index in [1.54, 1.807) is 7.05 Å². The predicted molar refractivity (Wildman–Crippen MR) is 56.5 cm³/mol. The molecule has 0 spiro atoms. The molecule has 0 saturated carbocycles. The molecule has 2 unspecified atom stereocenters. The van der Waals surface area contributed by atoms with Crippen molar-refractivity contribution in [3.8, 4) is 0 Å². The molecule has 1 heterocycles. The van der Waals surface area contributed by atoms with Crippen LogP contribution in [0.3, 0.4) is 0 Å². The van der Waals surface area contributed by atoms with Gasteiger partial charge in [0, 0.05) is 32.6 Å². The van der Waals surface area contributed by atoms with E-state index in [4.69, 9.17) is 9.84 Å². The summed E-state index contributed by atoms with van der Waals surface area (Å²) in [6, 6.07) is 0.317. The largest absolute Gasteiger partial charge is 0.394 e. The normalized spacial score (nSPS) is 27.7. The lowest BCUT2D eigenvalue weighted by molar-refractivity contribution is -0.122. The van der Waals surface area contributed by atoms with Gasteiger partial charge in [0.05, 0.1) is 19.3 Å². The summed E-state index contributed by atoms with van der Waals surface area (Å²) >= 11 is 0. The zero-order valence-electron chi connectivity index (χ0n) is 9.40. The van der Waals surface area contributed by atoms with Crippen LogP contribution in [0, 0.1) is 0 Å². The number of aliphatic hydroxyl groups is 1. The molecule has 1 rings (SSSR count). The van der Waals surface area contributed by atoms with Crippen molar-refractivity contribution in [2.24, 2.45) is 0 Å². The Morgan fingerprint density at radius 3 is 3.00 bits per heavy atom. The molecule has 0 bridgehead atoms. The molecule has 1 saturated heterocycles. The summed E-state index contributed by atoms with van der Waals surface area (Å²) in [6.07, 6.45) is 0.393. The average Bonchev–Trinajstić information content (AvgIpc) is 2.27. The van der Waals surface area contributed by atoms with E-state index in [9.17, 15) is 4.79 Å². The van der Waals surface area contributed by atoms with Crippen LogP contribution in [0.1, 0.15) is 13.3 Å². The summed E-state index contributed by atoms with van der Waals surface area (Å²) in [5.74, 6) is 0.0502. The van der Waals surface area contributed by atoms with E-state index < -0.39 is 0 Å². The molecule has 5 heteroatoms. The molecule has 15 heavy (non-hydrogen) atoms. The van der Waals surface area contributed by atoms with Crippen LogP contribution in [0.5, 0.6) is 0 Å². The van der Waals surface area contributed by atoms with Gasteiger partial charge < -0.3 is 15.2 Å². The van der Waals surface area contributed by atoms with Gasteiger partial charge in [-0.15, -0.1) is 0 Å². The van der Waals surface area contributed by atoms with Gasteiger partial charge in [0.1, 0.15) is 0 Å². The number of amides is 1. The minimum atomic E-state index is -0.106. The highest BCUT2D eigenvalue weighted by atomic mass is 16.5. The number of ether oxygens (including phenoxy) is 1. The van der Waals surface area contributed by atoms with Crippen LogP contribution in [0.25, 0.3) is 0 Å². The third-order valence-electron chi connectivity index (χ3n) is 2.74. The molecule has 2 N–H and O–H groups in total. The molecule has 2 atom stereocenters. The molecular formula is C10H20N2O3. The first kappa shape index (κ1) is 12.4. The lowest BCUT2D eigenvalue weighted by Gasteiger charge is -2.37. The molecule has 0 radical (unpaired) electrons. The van der Waals surface area contributed by atoms with Gasteiger partial charge in [0.25, 0.3) is 0 Å². The third kappa shape index (κ3) is 3.77. The smallest absolute Gasteiger partial charge is 0.221 e. The fraction of sp³-hybridized carbons (Fsp3) is 0.900. The van der Waals surface area contributed by atoms with Crippen LogP contribution in [0.15, 0.2) is 0 Å². The zero-order chi connectivity index (χ0) is 11.3. The molecule has 0 aromatic heterocycles. The maximum atomic E-state index is 11.1. The van der Waals surface area contributed by atoms with Crippen LogP contribution in [-0.2, 0) is 9.53 Å². The highest BCUT2D eigenvalue weighted by Gasteiger charge is 2.25. The molecule has 1 aliphatic rings. The van der Waals surface area contributed by atoms with Gasteiger partial charge >= 0.3 is 0 Å². The Bertz CT molecular complexity index is 211. The molecule has 0 aromatic carbocycles. The van der Waals surface area contributed by atoms with Crippen LogP contribution in [0.4, 0.5) is 0 Å². The summed E-state index contributed by atoms with van der Waals surface area (Å²) in [4.78, 5) is 13.3. The first-order valence-corrected chi connectivity index (χ1v) is 5.34. The summed E-state index contributed by atoms with van der Waals surface area (Å²) < 4.78 is 5.41. The van der Waals surface area contributed by atoms with Gasteiger partial charge in [-0.3, -0.25) is 9.69 Å². The zero-order valence-corrected chi connectivity index (χ0v) is 9.40. The standard InChI is InChI=1S/C10H20N2O3/c1-8-7-15-9(6-13)5-12(8)4-3-10(14)11-2/h8-9,13H,3-7H2,1-2H3,(H,11,14). The molecule has 5 nitrogen and oxygen atoms in total. The van der Waals surface area contributed by atoms with E-state index in [0.29, 0.717) is 25.6 Å². The number of nitrogens with zero attached hydrogens (tertiary/aromatic N) is 1. The fourth-order valence-electron chi connectivity index (χ4n) is 1.67. The molecule has 88 valence electrons. The van der Waals surface area contributed by atoms with Gasteiger partial charge in [0.2, 0.25) is 5.91 Å². The Balaban J connectivity index is 2.34. The summed E-state index contributed by atoms with van der Waals surface area (Å²) in [5.41, 5.74) is 0. The molecule has 0 aliphatic carbocycles. The van der Waals surface area contributed by atoms with Gasteiger partial charge in [-0.1, -0.05) is 0 Å². The van der Waals surface area contributed by atoms with E-state index in [1.807, 2.05) is 0 Å². The first-order chi connectivity index (χ1) is 7.17. The second kappa shape index (κ2) is 6.05. The van der Waals surface area contributed by atoms with E-state index >= 15 is 0 Å². The van der Waals surface area contributed by atoms with Gasteiger partial charge in [-0.05, 0) is 6.92 Å². The van der Waals surface area contributed by atoms with Crippen molar-refractivity contribution >= 4 is 5.91 Å². The monoisotopic (exact) mass is 216 g/mol. The van der Waals surface area contributed by atoms with Crippen LogP contribution in [0.2, 0.25) is 0 Å². The summed E-state index contributed by atoms with van der Waals surface area (Å²) in [6.45, 7) is 4.16. The number of hydrogen-bond donors (Lipinski definition) is 2. The second-order valence-electron chi connectivity index (χ2n) is 3.91. The van der Waals surface area contributed by atoms with Crippen molar-refractivity contribution in [1.29, 1.82) is 0 Å². The third-order valence-corrected chi connectivity index (χ3v) is 2.74. The molecular weight excluding hydrogens is 196 g/mol. The highest BCUT2D eigenvalue weighted by molar-refractivity contribution is 5.75. The van der Waals surface area contributed by atoms with Crippen molar-refractivity contribution in [1.82, 2.24) is 10.2 Å². The van der Waals surface area contributed by atoms with Gasteiger partial charge in [-0.25, -0.2) is 0 Å². The number of rotatable bonds is 4. The fourth-order valence-corrected chi connectivity index (χ4v) is 1.67. The first-order valence-electron chi connectivity index (χ1n) is 5.34. The number of morpholine rings is 1. The number of nitrogens with one attached hydrogen (secondary N) is 1. The molecule has 1 aliphatic heterocycles. The van der Waals surface area contributed by atoms with Crippen molar-refractivity contribution in [2.75, 3.05) is 33.4 Å². The van der Waals surface area contributed by atoms with Crippen LogP contribution >= 0.6 is 0 Å². The summed E-state index contributed by atoms with van der Waals surface area (Å²) in [5, 5.41) is 11.6. The number of carbonyl (C=O) groups excluding carboxylic acids is 1. The Hall–Kier alpha value is -0.650. The van der Waals surface area contributed by atoms with Gasteiger partial charge in [0.15, 0.2) is 0 Å². The van der Waals surface area contributed by atoms with Crippen molar-refractivity contribution < 1.29 is 14.6 Å². The van der Waals surface area contributed by atoms with Crippen molar-refractivity contribution in [3.05, 3.63) is 0 Å². The van der Waals surface area contributed by atoms with E-state index in [1.165, 1.54) is 0 Å². The topological polar surface area (TPSA) is 61.8 Å². The molecule has 1 amide bonds. The van der Waals surface area contributed by atoms with E-state index in [2.05, 4.69) is 17.1 Å². The Kier molecular flexibility index (Phi) is 5.01. The van der Waals surface area contributed by atoms with Crippen molar-refractivity contribution in [3.63, 3.8) is 0 Å². The lowest BCUT2D eigenvalue weighted by Crippen LogP contribution is -2.50. The van der Waals surface area contributed by atoms with Crippen molar-refractivity contribution in [2.45, 2.75) is 25.5 Å².